The molecule has 0 aliphatic carbocycles. The lowest BCUT2D eigenvalue weighted by Gasteiger charge is -2.21. The Labute approximate surface area is 84.4 Å². The van der Waals surface area contributed by atoms with E-state index < -0.39 is 0 Å². The standard InChI is InChI=1S/C10H18O2S/c1-8(2)10(11)12-7-9-3-5-13-6-4-9/h8-9H,3-7H2,1-2H3. The normalized spacial score (nSPS) is 19.0. The molecule has 0 aromatic rings. The molecular weight excluding hydrogens is 184 g/mol. The number of rotatable bonds is 3. The Bertz CT molecular complexity index is 162. The lowest BCUT2D eigenvalue weighted by atomic mass is 10.0. The van der Waals surface area contributed by atoms with E-state index in [1.807, 2.05) is 25.6 Å². The predicted octanol–water partition coefficient (Wildman–Crippen LogP) is 2.33. The van der Waals surface area contributed by atoms with E-state index in [0.29, 0.717) is 12.5 Å². The lowest BCUT2D eigenvalue weighted by Crippen LogP contribution is -2.20. The predicted molar refractivity (Wildman–Crippen MR) is 55.8 cm³/mol. The zero-order chi connectivity index (χ0) is 9.68. The topological polar surface area (TPSA) is 26.3 Å². The van der Waals surface area contributed by atoms with Crippen LogP contribution in [0.4, 0.5) is 0 Å². The van der Waals surface area contributed by atoms with Gasteiger partial charge in [0.1, 0.15) is 0 Å². The average molecular weight is 202 g/mol. The Hall–Kier alpha value is -0.180. The van der Waals surface area contributed by atoms with Crippen molar-refractivity contribution in [2.24, 2.45) is 11.8 Å². The van der Waals surface area contributed by atoms with Crippen molar-refractivity contribution < 1.29 is 9.53 Å². The molecule has 1 heterocycles. The summed E-state index contributed by atoms with van der Waals surface area (Å²) >= 11 is 2.00. The van der Waals surface area contributed by atoms with Crippen LogP contribution in [-0.2, 0) is 9.53 Å². The van der Waals surface area contributed by atoms with Crippen LogP contribution in [0.3, 0.4) is 0 Å². The van der Waals surface area contributed by atoms with Crippen molar-refractivity contribution in [3.63, 3.8) is 0 Å². The zero-order valence-electron chi connectivity index (χ0n) is 8.41. The number of hydrogen-bond donors (Lipinski definition) is 0. The van der Waals surface area contributed by atoms with Crippen molar-refractivity contribution in [1.29, 1.82) is 0 Å². The molecule has 1 rings (SSSR count). The summed E-state index contributed by atoms with van der Waals surface area (Å²) in [5.74, 6) is 3.02. The fraction of sp³-hybridized carbons (Fsp3) is 0.900. The summed E-state index contributed by atoms with van der Waals surface area (Å²) in [5, 5.41) is 0. The van der Waals surface area contributed by atoms with Gasteiger partial charge in [0.2, 0.25) is 0 Å². The second-order valence-corrected chi connectivity index (χ2v) is 5.07. The summed E-state index contributed by atoms with van der Waals surface area (Å²) in [7, 11) is 0. The third-order valence-electron chi connectivity index (χ3n) is 2.27. The average Bonchev–Trinajstić information content (AvgIpc) is 2.15. The minimum absolute atomic E-state index is 0.0120. The van der Waals surface area contributed by atoms with Gasteiger partial charge >= 0.3 is 5.97 Å². The van der Waals surface area contributed by atoms with E-state index in [4.69, 9.17) is 4.74 Å². The van der Waals surface area contributed by atoms with Gasteiger partial charge in [0.25, 0.3) is 0 Å². The van der Waals surface area contributed by atoms with Crippen LogP contribution < -0.4 is 0 Å². The molecule has 1 saturated heterocycles. The van der Waals surface area contributed by atoms with Crippen LogP contribution in [0.5, 0.6) is 0 Å². The van der Waals surface area contributed by atoms with Gasteiger partial charge in [-0.2, -0.15) is 11.8 Å². The van der Waals surface area contributed by atoms with E-state index in [0.717, 1.165) is 0 Å². The molecule has 0 unspecified atom stereocenters. The molecule has 1 aliphatic rings. The second kappa shape index (κ2) is 5.53. The highest BCUT2D eigenvalue weighted by Gasteiger charge is 2.16. The van der Waals surface area contributed by atoms with Crippen LogP contribution in [0, 0.1) is 11.8 Å². The van der Waals surface area contributed by atoms with E-state index in [2.05, 4.69) is 0 Å². The van der Waals surface area contributed by atoms with Gasteiger partial charge in [0.05, 0.1) is 12.5 Å². The van der Waals surface area contributed by atoms with Crippen LogP contribution in [-0.4, -0.2) is 24.1 Å². The monoisotopic (exact) mass is 202 g/mol. The van der Waals surface area contributed by atoms with Crippen molar-refractivity contribution in [3.8, 4) is 0 Å². The molecule has 0 aromatic carbocycles. The van der Waals surface area contributed by atoms with Gasteiger partial charge in [-0.3, -0.25) is 4.79 Å². The van der Waals surface area contributed by atoms with Gasteiger partial charge in [-0.25, -0.2) is 0 Å². The third-order valence-corrected chi connectivity index (χ3v) is 3.32. The third kappa shape index (κ3) is 4.03. The molecule has 3 heteroatoms. The molecule has 0 radical (unpaired) electrons. The molecule has 0 saturated carbocycles. The summed E-state index contributed by atoms with van der Waals surface area (Å²) in [6, 6.07) is 0. The molecule has 76 valence electrons. The van der Waals surface area contributed by atoms with Gasteiger partial charge in [-0.05, 0) is 30.3 Å². The lowest BCUT2D eigenvalue weighted by molar-refractivity contribution is -0.148. The minimum Gasteiger partial charge on any atom is -0.465 e. The summed E-state index contributed by atoms with van der Waals surface area (Å²) < 4.78 is 5.19. The van der Waals surface area contributed by atoms with Crippen molar-refractivity contribution in [2.45, 2.75) is 26.7 Å². The molecule has 13 heavy (non-hydrogen) atoms. The number of esters is 1. The maximum atomic E-state index is 11.2. The van der Waals surface area contributed by atoms with Crippen LogP contribution in [0.2, 0.25) is 0 Å². The van der Waals surface area contributed by atoms with Gasteiger partial charge in [0, 0.05) is 0 Å². The van der Waals surface area contributed by atoms with Gasteiger partial charge in [0.15, 0.2) is 0 Å². The Balaban J connectivity index is 2.13. The van der Waals surface area contributed by atoms with E-state index in [1.54, 1.807) is 0 Å². The molecule has 1 fully saturated rings. The number of hydrogen-bond acceptors (Lipinski definition) is 3. The molecule has 0 spiro atoms. The maximum absolute atomic E-state index is 11.2. The fourth-order valence-corrected chi connectivity index (χ4v) is 2.48. The second-order valence-electron chi connectivity index (χ2n) is 3.84. The number of ether oxygens (including phenoxy) is 1. The van der Waals surface area contributed by atoms with Crippen molar-refractivity contribution >= 4 is 17.7 Å². The van der Waals surface area contributed by atoms with Crippen LogP contribution in [0.1, 0.15) is 26.7 Å². The molecular formula is C10H18O2S. The molecule has 0 N–H and O–H groups in total. The maximum Gasteiger partial charge on any atom is 0.308 e. The van der Waals surface area contributed by atoms with E-state index >= 15 is 0 Å². The summed E-state index contributed by atoms with van der Waals surface area (Å²) in [6.07, 6.45) is 2.41. The quantitative estimate of drug-likeness (QED) is 0.657. The van der Waals surface area contributed by atoms with E-state index in [-0.39, 0.29) is 11.9 Å². The highest BCUT2D eigenvalue weighted by atomic mass is 32.2. The summed E-state index contributed by atoms with van der Waals surface area (Å²) in [5.41, 5.74) is 0. The highest BCUT2D eigenvalue weighted by molar-refractivity contribution is 7.99. The first-order valence-corrected chi connectivity index (χ1v) is 6.10. The van der Waals surface area contributed by atoms with Gasteiger partial charge in [-0.15, -0.1) is 0 Å². The van der Waals surface area contributed by atoms with Crippen molar-refractivity contribution in [3.05, 3.63) is 0 Å². The first-order valence-electron chi connectivity index (χ1n) is 4.94. The van der Waals surface area contributed by atoms with E-state index in [1.165, 1.54) is 24.3 Å². The van der Waals surface area contributed by atoms with Crippen molar-refractivity contribution in [2.75, 3.05) is 18.1 Å². The molecule has 0 amide bonds. The Morgan fingerprint density at radius 3 is 2.62 bits per heavy atom. The Morgan fingerprint density at radius 2 is 2.08 bits per heavy atom. The minimum atomic E-state index is -0.0572. The largest absolute Gasteiger partial charge is 0.465 e. The Kier molecular flexibility index (Phi) is 4.64. The SMILES string of the molecule is CC(C)C(=O)OCC1CCSCC1. The number of thioether (sulfide) groups is 1. The van der Waals surface area contributed by atoms with Crippen LogP contribution in [0.15, 0.2) is 0 Å². The van der Waals surface area contributed by atoms with Crippen LogP contribution >= 0.6 is 11.8 Å². The first-order chi connectivity index (χ1) is 6.20. The molecule has 1 aliphatic heterocycles. The van der Waals surface area contributed by atoms with E-state index in [9.17, 15) is 4.79 Å². The fourth-order valence-electron chi connectivity index (χ4n) is 1.28. The smallest absolute Gasteiger partial charge is 0.308 e. The highest BCUT2D eigenvalue weighted by Crippen LogP contribution is 2.22. The van der Waals surface area contributed by atoms with Crippen molar-refractivity contribution in [1.82, 2.24) is 0 Å². The zero-order valence-corrected chi connectivity index (χ0v) is 9.23. The molecule has 0 bridgehead atoms. The Morgan fingerprint density at radius 1 is 1.46 bits per heavy atom. The summed E-state index contributed by atoms with van der Waals surface area (Å²) in [4.78, 5) is 11.2. The van der Waals surface area contributed by atoms with Crippen LogP contribution in [0.25, 0.3) is 0 Å². The van der Waals surface area contributed by atoms with Gasteiger partial charge < -0.3 is 4.74 Å². The van der Waals surface area contributed by atoms with Gasteiger partial charge in [-0.1, -0.05) is 13.8 Å². The number of carbonyl (C=O) groups is 1. The molecule has 2 nitrogen and oxygen atoms in total. The molecule has 0 aromatic heterocycles. The first kappa shape index (κ1) is 10.9. The molecule has 0 atom stereocenters. The number of carbonyl (C=O) groups excluding carboxylic acids is 1. The summed E-state index contributed by atoms with van der Waals surface area (Å²) in [6.45, 7) is 4.38.